The number of carboxylic acid groups (broad SMARTS) is 1. The van der Waals surface area contributed by atoms with Crippen LogP contribution in [-0.4, -0.2) is 36.1 Å². The molecule has 0 bridgehead atoms. The highest BCUT2D eigenvalue weighted by Gasteiger charge is 2.19. The molecule has 0 aromatic rings. The van der Waals surface area contributed by atoms with Crippen LogP contribution in [0.25, 0.3) is 0 Å². The van der Waals surface area contributed by atoms with Gasteiger partial charge in [0.15, 0.2) is 0 Å². The number of aliphatic carboxylic acids is 1. The van der Waals surface area contributed by atoms with Crippen molar-refractivity contribution in [3.8, 4) is 0 Å². The van der Waals surface area contributed by atoms with Gasteiger partial charge in [-0.2, -0.15) is 0 Å². The van der Waals surface area contributed by atoms with Crippen molar-refractivity contribution in [2.75, 3.05) is 13.1 Å². The van der Waals surface area contributed by atoms with Crippen molar-refractivity contribution in [2.24, 2.45) is 11.8 Å². The molecule has 3 unspecified atom stereocenters. The van der Waals surface area contributed by atoms with Crippen LogP contribution in [0.3, 0.4) is 0 Å². The Morgan fingerprint density at radius 3 is 2.68 bits per heavy atom. The Morgan fingerprint density at radius 1 is 1.37 bits per heavy atom. The van der Waals surface area contributed by atoms with E-state index in [9.17, 15) is 9.59 Å². The van der Waals surface area contributed by atoms with Crippen molar-refractivity contribution in [1.29, 1.82) is 0 Å². The van der Waals surface area contributed by atoms with Crippen molar-refractivity contribution in [1.82, 2.24) is 10.6 Å². The van der Waals surface area contributed by atoms with E-state index in [0.717, 1.165) is 32.4 Å². The summed E-state index contributed by atoms with van der Waals surface area (Å²) >= 11 is 0. The zero-order valence-corrected chi connectivity index (χ0v) is 11.9. The summed E-state index contributed by atoms with van der Waals surface area (Å²) in [4.78, 5) is 22.5. The molecule has 3 atom stereocenters. The monoisotopic (exact) mass is 270 g/mol. The summed E-state index contributed by atoms with van der Waals surface area (Å²) in [6.45, 7) is 5.66. The number of hydrogen-bond donors (Lipinski definition) is 3. The summed E-state index contributed by atoms with van der Waals surface area (Å²) in [5, 5.41) is 15.0. The van der Waals surface area contributed by atoms with Gasteiger partial charge in [-0.25, -0.2) is 0 Å². The standard InChI is InChI=1S/C14H26N2O3/c1-10(14(18)19)4-3-5-11(2)16-13(17)8-12-6-7-15-9-12/h10-12,15H,3-9H2,1-2H3,(H,16,17)(H,18,19). The minimum Gasteiger partial charge on any atom is -0.481 e. The molecule has 3 N–H and O–H groups in total. The summed E-state index contributed by atoms with van der Waals surface area (Å²) in [5.74, 6) is -0.454. The van der Waals surface area contributed by atoms with Crippen molar-refractivity contribution in [3.05, 3.63) is 0 Å². The molecule has 0 spiro atoms. The average Bonchev–Trinajstić information content (AvgIpc) is 2.81. The van der Waals surface area contributed by atoms with Gasteiger partial charge >= 0.3 is 5.97 Å². The van der Waals surface area contributed by atoms with Gasteiger partial charge < -0.3 is 15.7 Å². The van der Waals surface area contributed by atoms with Crippen molar-refractivity contribution < 1.29 is 14.7 Å². The molecule has 1 heterocycles. The summed E-state index contributed by atoms with van der Waals surface area (Å²) in [5.41, 5.74) is 0. The fourth-order valence-corrected chi connectivity index (χ4v) is 2.41. The van der Waals surface area contributed by atoms with Crippen LogP contribution in [0.1, 0.15) is 46.0 Å². The molecular formula is C14H26N2O3. The fraction of sp³-hybridized carbons (Fsp3) is 0.857. The first-order valence-corrected chi connectivity index (χ1v) is 7.22. The Labute approximate surface area is 115 Å². The maximum Gasteiger partial charge on any atom is 0.306 e. The Kier molecular flexibility index (Phi) is 6.84. The topological polar surface area (TPSA) is 78.4 Å². The Morgan fingerprint density at radius 2 is 2.11 bits per heavy atom. The highest BCUT2D eigenvalue weighted by molar-refractivity contribution is 5.76. The molecule has 5 nitrogen and oxygen atoms in total. The molecule has 1 amide bonds. The van der Waals surface area contributed by atoms with E-state index in [0.29, 0.717) is 18.8 Å². The lowest BCUT2D eigenvalue weighted by atomic mass is 10.0. The summed E-state index contributed by atoms with van der Waals surface area (Å²) in [6, 6.07) is 0.128. The van der Waals surface area contributed by atoms with E-state index in [2.05, 4.69) is 10.6 Å². The molecule has 0 aliphatic carbocycles. The second-order valence-corrected chi connectivity index (χ2v) is 5.70. The van der Waals surface area contributed by atoms with E-state index >= 15 is 0 Å². The molecule has 110 valence electrons. The quantitative estimate of drug-likeness (QED) is 0.622. The number of amides is 1. The first-order chi connectivity index (χ1) is 8.99. The lowest BCUT2D eigenvalue weighted by Crippen LogP contribution is -2.34. The van der Waals surface area contributed by atoms with E-state index in [1.807, 2.05) is 6.92 Å². The second kappa shape index (κ2) is 8.15. The van der Waals surface area contributed by atoms with Crippen LogP contribution in [-0.2, 0) is 9.59 Å². The molecule has 1 fully saturated rings. The van der Waals surface area contributed by atoms with Gasteiger partial charge in [-0.3, -0.25) is 9.59 Å². The van der Waals surface area contributed by atoms with Gasteiger partial charge in [0, 0.05) is 12.5 Å². The molecule has 0 aromatic carbocycles. The third-order valence-electron chi connectivity index (χ3n) is 3.74. The number of rotatable bonds is 8. The van der Waals surface area contributed by atoms with Gasteiger partial charge in [0.05, 0.1) is 5.92 Å². The highest BCUT2D eigenvalue weighted by atomic mass is 16.4. The van der Waals surface area contributed by atoms with Gasteiger partial charge in [-0.15, -0.1) is 0 Å². The summed E-state index contributed by atoms with van der Waals surface area (Å²) in [7, 11) is 0. The van der Waals surface area contributed by atoms with Crippen molar-refractivity contribution >= 4 is 11.9 Å². The first kappa shape index (κ1) is 16.0. The predicted molar refractivity (Wildman–Crippen MR) is 73.8 cm³/mol. The summed E-state index contributed by atoms with van der Waals surface area (Å²) < 4.78 is 0. The lowest BCUT2D eigenvalue weighted by Gasteiger charge is -2.16. The van der Waals surface area contributed by atoms with Crippen LogP contribution in [0.15, 0.2) is 0 Å². The van der Waals surface area contributed by atoms with E-state index in [-0.39, 0.29) is 17.9 Å². The third kappa shape index (κ3) is 6.57. The van der Waals surface area contributed by atoms with E-state index < -0.39 is 5.97 Å². The zero-order valence-electron chi connectivity index (χ0n) is 11.9. The van der Waals surface area contributed by atoms with E-state index in [1.165, 1.54) is 0 Å². The second-order valence-electron chi connectivity index (χ2n) is 5.70. The van der Waals surface area contributed by atoms with Crippen molar-refractivity contribution in [3.63, 3.8) is 0 Å². The van der Waals surface area contributed by atoms with Gasteiger partial charge in [0.25, 0.3) is 0 Å². The number of carboxylic acids is 1. The Bertz CT molecular complexity index is 301. The smallest absolute Gasteiger partial charge is 0.306 e. The lowest BCUT2D eigenvalue weighted by molar-refractivity contribution is -0.141. The molecule has 0 aromatic heterocycles. The minimum atomic E-state index is -0.745. The van der Waals surface area contributed by atoms with Gasteiger partial charge in [-0.1, -0.05) is 13.3 Å². The fourth-order valence-electron chi connectivity index (χ4n) is 2.41. The molecular weight excluding hydrogens is 244 g/mol. The molecule has 1 aliphatic heterocycles. The maximum atomic E-state index is 11.8. The van der Waals surface area contributed by atoms with Crippen LogP contribution in [0.4, 0.5) is 0 Å². The van der Waals surface area contributed by atoms with Gasteiger partial charge in [0.2, 0.25) is 5.91 Å². The van der Waals surface area contributed by atoms with Crippen LogP contribution in [0.2, 0.25) is 0 Å². The molecule has 19 heavy (non-hydrogen) atoms. The highest BCUT2D eigenvalue weighted by Crippen LogP contribution is 2.13. The molecule has 1 rings (SSSR count). The van der Waals surface area contributed by atoms with E-state index in [4.69, 9.17) is 5.11 Å². The average molecular weight is 270 g/mol. The van der Waals surface area contributed by atoms with Gasteiger partial charge in [-0.05, 0) is 45.2 Å². The SMILES string of the molecule is CC(CCCC(C)C(=O)O)NC(=O)CC1CCNC1. The normalized spacial score (nSPS) is 21.9. The predicted octanol–water partition coefficient (Wildman–Crippen LogP) is 1.38. The van der Waals surface area contributed by atoms with Gasteiger partial charge in [0.1, 0.15) is 0 Å². The largest absolute Gasteiger partial charge is 0.481 e. The minimum absolute atomic E-state index is 0.118. The summed E-state index contributed by atoms with van der Waals surface area (Å²) in [6.07, 6.45) is 4.02. The third-order valence-corrected chi connectivity index (χ3v) is 3.74. The maximum absolute atomic E-state index is 11.8. The van der Waals surface area contributed by atoms with Crippen LogP contribution in [0.5, 0.6) is 0 Å². The number of nitrogens with one attached hydrogen (secondary N) is 2. The van der Waals surface area contributed by atoms with Crippen molar-refractivity contribution in [2.45, 2.75) is 52.0 Å². The molecule has 1 saturated heterocycles. The molecule has 0 radical (unpaired) electrons. The van der Waals surface area contributed by atoms with Crippen LogP contribution < -0.4 is 10.6 Å². The first-order valence-electron chi connectivity index (χ1n) is 7.22. The molecule has 1 aliphatic rings. The zero-order chi connectivity index (χ0) is 14.3. The Hall–Kier alpha value is -1.10. The number of hydrogen-bond acceptors (Lipinski definition) is 3. The van der Waals surface area contributed by atoms with E-state index in [1.54, 1.807) is 6.92 Å². The van der Waals surface area contributed by atoms with Crippen LogP contribution >= 0.6 is 0 Å². The molecule has 5 heteroatoms. The van der Waals surface area contributed by atoms with Crippen LogP contribution in [0, 0.1) is 11.8 Å². The number of carbonyl (C=O) groups is 2. The number of carbonyl (C=O) groups excluding carboxylic acids is 1. The Balaban J connectivity index is 2.10. The molecule has 0 saturated carbocycles.